The largest absolute Gasteiger partial charge is 0.478 e. The molecular formula is C6H7N3O2S. The lowest BCUT2D eigenvalue weighted by molar-refractivity contribution is -0.131. The number of rotatable bonds is 3. The molecule has 0 atom stereocenters. The molecule has 0 bridgehead atoms. The Hall–Kier alpha value is -1.30. The molecule has 0 radical (unpaired) electrons. The van der Waals surface area contributed by atoms with Crippen LogP contribution in [0.15, 0.2) is 23.0 Å². The van der Waals surface area contributed by atoms with Crippen molar-refractivity contribution < 1.29 is 9.90 Å². The minimum absolute atomic E-state index is 0.660. The smallest absolute Gasteiger partial charge is 0.328 e. The quantitative estimate of drug-likeness (QED) is 0.548. The number of aryl methyl sites for hydroxylation is 1. The van der Waals surface area contributed by atoms with Gasteiger partial charge in [0.1, 0.15) is 6.33 Å². The first-order valence-electron chi connectivity index (χ1n) is 3.10. The van der Waals surface area contributed by atoms with Gasteiger partial charge in [0.15, 0.2) is 5.16 Å². The van der Waals surface area contributed by atoms with Crippen molar-refractivity contribution in [1.29, 1.82) is 0 Å². The number of aliphatic carboxylic acids is 1. The van der Waals surface area contributed by atoms with Crippen LogP contribution in [0.5, 0.6) is 0 Å². The summed E-state index contributed by atoms with van der Waals surface area (Å²) in [6.45, 7) is 0. The first kappa shape index (κ1) is 8.79. The second-order valence-electron chi connectivity index (χ2n) is 1.98. The lowest BCUT2D eigenvalue weighted by atomic mass is 10.7. The van der Waals surface area contributed by atoms with Gasteiger partial charge in [0.2, 0.25) is 0 Å². The van der Waals surface area contributed by atoms with Crippen LogP contribution in [0.4, 0.5) is 0 Å². The summed E-state index contributed by atoms with van der Waals surface area (Å²) in [6.07, 6.45) is 2.61. The van der Waals surface area contributed by atoms with Gasteiger partial charge in [0, 0.05) is 13.1 Å². The summed E-state index contributed by atoms with van der Waals surface area (Å²) in [6, 6.07) is 0. The van der Waals surface area contributed by atoms with Crippen LogP contribution in [0.25, 0.3) is 0 Å². The van der Waals surface area contributed by atoms with Crippen molar-refractivity contribution in [3.8, 4) is 0 Å². The first-order chi connectivity index (χ1) is 5.70. The molecule has 12 heavy (non-hydrogen) atoms. The molecule has 1 aromatic rings. The molecule has 1 N–H and O–H groups in total. The fourth-order valence-electron chi connectivity index (χ4n) is 0.532. The summed E-state index contributed by atoms with van der Waals surface area (Å²) in [5.41, 5.74) is 0. The van der Waals surface area contributed by atoms with Crippen LogP contribution in [0, 0.1) is 0 Å². The van der Waals surface area contributed by atoms with Crippen LogP contribution >= 0.6 is 11.8 Å². The van der Waals surface area contributed by atoms with Gasteiger partial charge in [-0.05, 0) is 5.41 Å². The predicted molar refractivity (Wildman–Crippen MR) is 43.6 cm³/mol. The summed E-state index contributed by atoms with van der Waals surface area (Å²) < 4.78 is 1.71. The van der Waals surface area contributed by atoms with Gasteiger partial charge >= 0.3 is 5.97 Å². The van der Waals surface area contributed by atoms with E-state index < -0.39 is 5.97 Å². The van der Waals surface area contributed by atoms with E-state index in [9.17, 15) is 4.79 Å². The Morgan fingerprint density at radius 1 is 1.83 bits per heavy atom. The molecule has 1 rings (SSSR count). The average Bonchev–Trinajstić information content (AvgIpc) is 2.36. The predicted octanol–water partition coefficient (Wildman–Crippen LogP) is 0.505. The number of carbonyl (C=O) groups is 1. The highest BCUT2D eigenvalue weighted by Crippen LogP contribution is 2.13. The summed E-state index contributed by atoms with van der Waals surface area (Å²) in [7, 11) is 1.79. The molecule has 64 valence electrons. The van der Waals surface area contributed by atoms with E-state index in [2.05, 4.69) is 10.2 Å². The monoisotopic (exact) mass is 185 g/mol. The molecule has 0 fully saturated rings. The van der Waals surface area contributed by atoms with E-state index in [-0.39, 0.29) is 0 Å². The summed E-state index contributed by atoms with van der Waals surface area (Å²) >= 11 is 1.21. The fourth-order valence-corrected chi connectivity index (χ4v) is 1.15. The molecular weight excluding hydrogens is 178 g/mol. The second kappa shape index (κ2) is 3.91. The van der Waals surface area contributed by atoms with Crippen LogP contribution in [0.3, 0.4) is 0 Å². The van der Waals surface area contributed by atoms with E-state index in [1.165, 1.54) is 17.2 Å². The van der Waals surface area contributed by atoms with Gasteiger partial charge in [-0.15, -0.1) is 10.2 Å². The third kappa shape index (κ3) is 2.39. The molecule has 0 saturated carbocycles. The van der Waals surface area contributed by atoms with Crippen molar-refractivity contribution in [2.45, 2.75) is 5.16 Å². The number of aromatic nitrogens is 3. The highest BCUT2D eigenvalue weighted by atomic mass is 32.2. The zero-order valence-electron chi connectivity index (χ0n) is 6.34. The minimum atomic E-state index is -0.968. The SMILES string of the molecule is Cn1cnnc1SC=CC(=O)O. The van der Waals surface area contributed by atoms with Crippen LogP contribution < -0.4 is 0 Å². The van der Waals surface area contributed by atoms with Crippen LogP contribution in [-0.2, 0) is 11.8 Å². The maximum absolute atomic E-state index is 10.1. The molecule has 0 aromatic carbocycles. The Kier molecular flexibility index (Phi) is 2.87. The van der Waals surface area contributed by atoms with Crippen molar-refractivity contribution in [3.05, 3.63) is 17.8 Å². The highest BCUT2D eigenvalue weighted by molar-refractivity contribution is 8.02. The van der Waals surface area contributed by atoms with E-state index in [0.717, 1.165) is 6.08 Å². The zero-order chi connectivity index (χ0) is 8.97. The second-order valence-corrected chi connectivity index (χ2v) is 2.86. The van der Waals surface area contributed by atoms with Crippen LogP contribution in [0.2, 0.25) is 0 Å². The Morgan fingerprint density at radius 2 is 2.58 bits per heavy atom. The topological polar surface area (TPSA) is 68.0 Å². The molecule has 0 spiro atoms. The minimum Gasteiger partial charge on any atom is -0.478 e. The fraction of sp³-hybridized carbons (Fsp3) is 0.167. The number of carboxylic acids is 1. The molecule has 6 heteroatoms. The zero-order valence-corrected chi connectivity index (χ0v) is 7.15. The Morgan fingerprint density at radius 3 is 3.08 bits per heavy atom. The van der Waals surface area contributed by atoms with Gasteiger partial charge in [-0.25, -0.2) is 4.79 Å². The van der Waals surface area contributed by atoms with Gasteiger partial charge in [-0.1, -0.05) is 11.8 Å². The van der Waals surface area contributed by atoms with Gasteiger partial charge in [-0.2, -0.15) is 0 Å². The lowest BCUT2D eigenvalue weighted by Crippen LogP contribution is -1.88. The van der Waals surface area contributed by atoms with E-state index in [0.29, 0.717) is 5.16 Å². The Balaban J connectivity index is 2.54. The third-order valence-corrected chi connectivity index (χ3v) is 1.91. The normalized spacial score (nSPS) is 10.8. The number of nitrogens with zero attached hydrogens (tertiary/aromatic N) is 3. The van der Waals surface area contributed by atoms with E-state index in [4.69, 9.17) is 5.11 Å². The first-order valence-corrected chi connectivity index (χ1v) is 3.98. The third-order valence-electron chi connectivity index (χ3n) is 1.05. The van der Waals surface area contributed by atoms with Crippen molar-refractivity contribution in [1.82, 2.24) is 14.8 Å². The Labute approximate surface area is 73.1 Å². The number of carboxylic acid groups (broad SMARTS) is 1. The molecule has 1 aromatic heterocycles. The molecule has 1 heterocycles. The van der Waals surface area contributed by atoms with Gasteiger partial charge in [0.05, 0.1) is 0 Å². The maximum Gasteiger partial charge on any atom is 0.328 e. The van der Waals surface area contributed by atoms with E-state index >= 15 is 0 Å². The van der Waals surface area contributed by atoms with Crippen molar-refractivity contribution in [2.75, 3.05) is 0 Å². The molecule has 0 aliphatic heterocycles. The van der Waals surface area contributed by atoms with Crippen molar-refractivity contribution in [2.24, 2.45) is 7.05 Å². The molecule has 0 saturated heterocycles. The van der Waals surface area contributed by atoms with Crippen LogP contribution in [0.1, 0.15) is 0 Å². The maximum atomic E-state index is 10.1. The Bertz CT molecular complexity index is 307. The van der Waals surface area contributed by atoms with Crippen molar-refractivity contribution in [3.63, 3.8) is 0 Å². The van der Waals surface area contributed by atoms with Gasteiger partial charge < -0.3 is 9.67 Å². The average molecular weight is 185 g/mol. The number of hydrogen-bond donors (Lipinski definition) is 1. The molecule has 5 nitrogen and oxygen atoms in total. The van der Waals surface area contributed by atoms with E-state index in [1.54, 1.807) is 17.9 Å². The van der Waals surface area contributed by atoms with Gasteiger partial charge in [-0.3, -0.25) is 0 Å². The summed E-state index contributed by atoms with van der Waals surface area (Å²) in [5.74, 6) is -0.968. The number of thioether (sulfide) groups is 1. The standard InChI is InChI=1S/C6H7N3O2S/c1-9-4-7-8-6(9)12-3-2-5(10)11/h2-4H,1H3,(H,10,11). The summed E-state index contributed by atoms with van der Waals surface area (Å²) in [5, 5.41) is 17.8. The lowest BCUT2D eigenvalue weighted by Gasteiger charge is -1.91. The van der Waals surface area contributed by atoms with E-state index in [1.807, 2.05) is 0 Å². The number of hydrogen-bond acceptors (Lipinski definition) is 4. The molecule has 0 amide bonds. The molecule has 0 aliphatic carbocycles. The molecule has 0 unspecified atom stereocenters. The van der Waals surface area contributed by atoms with Gasteiger partial charge in [0.25, 0.3) is 0 Å². The van der Waals surface area contributed by atoms with Crippen LogP contribution in [-0.4, -0.2) is 25.8 Å². The summed E-state index contributed by atoms with van der Waals surface area (Å²) in [4.78, 5) is 10.1. The van der Waals surface area contributed by atoms with Crippen molar-refractivity contribution >= 4 is 17.7 Å². The highest BCUT2D eigenvalue weighted by Gasteiger charge is 1.97. The molecule has 0 aliphatic rings.